The molecule has 1 N–H and O–H groups in total. The molecule has 2 nitrogen and oxygen atoms in total. The van der Waals surface area contributed by atoms with Gasteiger partial charge >= 0.3 is 0 Å². The molecule has 0 unspecified atom stereocenters. The summed E-state index contributed by atoms with van der Waals surface area (Å²) in [6.07, 6.45) is 2.68. The maximum absolute atomic E-state index is 4.93. The normalized spacial score (nSPS) is 20.2. The first kappa shape index (κ1) is 11.9. The Morgan fingerprint density at radius 3 is 1.67 bits per heavy atom. The van der Waals surface area contributed by atoms with E-state index in [1.165, 1.54) is 25.9 Å². The van der Waals surface area contributed by atoms with Crippen molar-refractivity contribution >= 4 is 0 Å². The van der Waals surface area contributed by atoms with Crippen molar-refractivity contribution in [2.45, 2.75) is 33.6 Å². The Labute approximate surface area is 76.7 Å². The largest absolute Gasteiger partial charge is 0.381 e. The third kappa shape index (κ3) is 5.56. The minimum absolute atomic E-state index is 0.894. The fraction of sp³-hybridized carbons (Fsp3) is 1.00. The van der Waals surface area contributed by atoms with Gasteiger partial charge in [-0.2, -0.15) is 0 Å². The van der Waals surface area contributed by atoms with Gasteiger partial charge in [0.1, 0.15) is 0 Å². The van der Waals surface area contributed by atoms with E-state index in [9.17, 15) is 0 Å². The summed E-state index contributed by atoms with van der Waals surface area (Å²) in [5, 5.41) is 3.11. The van der Waals surface area contributed by atoms with Gasteiger partial charge in [-0.15, -0.1) is 0 Å². The molecule has 0 atom stereocenters. The molecule has 0 bridgehead atoms. The van der Waals surface area contributed by atoms with Crippen molar-refractivity contribution in [1.82, 2.24) is 5.32 Å². The fourth-order valence-electron chi connectivity index (χ4n) is 0.697. The Hall–Kier alpha value is -0.0800. The van der Waals surface area contributed by atoms with Gasteiger partial charge in [0.25, 0.3) is 0 Å². The molecule has 0 aliphatic carbocycles. The number of nitrogens with one attached hydrogen (secondary N) is 1. The average molecular weight is 173 g/mol. The molecule has 74 valence electrons. The quantitative estimate of drug-likeness (QED) is 0.655. The van der Waals surface area contributed by atoms with Crippen LogP contribution in [0.1, 0.15) is 33.6 Å². The molecule has 0 aromatic carbocycles. The van der Waals surface area contributed by atoms with Crippen molar-refractivity contribution < 1.29 is 4.74 Å². The molecule has 0 radical (unpaired) electrons. The highest BCUT2D eigenvalue weighted by Crippen LogP contribution is 2.12. The first-order chi connectivity index (χ1) is 5.93. The van der Waals surface area contributed by atoms with E-state index in [1.807, 2.05) is 13.8 Å². The number of hydrogen-bond acceptors (Lipinski definition) is 2. The Kier molecular flexibility index (Phi) is 8.95. The summed E-state index contributed by atoms with van der Waals surface area (Å²) in [5.41, 5.74) is 0. The van der Waals surface area contributed by atoms with Crippen molar-refractivity contribution in [2.75, 3.05) is 26.3 Å². The molecule has 0 aromatic heterocycles. The van der Waals surface area contributed by atoms with Crippen LogP contribution in [0.3, 0.4) is 0 Å². The van der Waals surface area contributed by atoms with E-state index in [1.54, 1.807) is 0 Å². The lowest BCUT2D eigenvalue weighted by atomic mass is 10.1. The highest BCUT2D eigenvalue weighted by molar-refractivity contribution is 4.61. The van der Waals surface area contributed by atoms with Crippen molar-refractivity contribution in [3.05, 3.63) is 0 Å². The summed E-state index contributed by atoms with van der Waals surface area (Å²) in [5.74, 6) is 0.894. The maximum atomic E-state index is 4.93. The Bertz CT molecular complexity index is 71.2. The molecule has 0 aromatic rings. The van der Waals surface area contributed by atoms with Crippen LogP contribution >= 0.6 is 0 Å². The Morgan fingerprint density at radius 2 is 1.67 bits per heavy atom. The topological polar surface area (TPSA) is 21.3 Å². The predicted molar refractivity (Wildman–Crippen MR) is 53.4 cm³/mol. The van der Waals surface area contributed by atoms with Crippen LogP contribution in [0.2, 0.25) is 0 Å². The summed E-state index contributed by atoms with van der Waals surface area (Å²) in [6.45, 7) is 10.7. The van der Waals surface area contributed by atoms with Gasteiger partial charge in [-0.1, -0.05) is 20.8 Å². The van der Waals surface area contributed by atoms with Crippen molar-refractivity contribution in [3.8, 4) is 0 Å². The highest BCUT2D eigenvalue weighted by Gasteiger charge is 2.14. The third-order valence-electron chi connectivity index (χ3n) is 1.99. The van der Waals surface area contributed by atoms with Gasteiger partial charge in [0, 0.05) is 5.92 Å². The summed E-state index contributed by atoms with van der Waals surface area (Å²) >= 11 is 0. The second-order valence-electron chi connectivity index (χ2n) is 2.92. The molecular weight excluding hydrogens is 150 g/mol. The van der Waals surface area contributed by atoms with Crippen LogP contribution in [0, 0.1) is 5.92 Å². The van der Waals surface area contributed by atoms with Gasteiger partial charge in [-0.3, -0.25) is 0 Å². The summed E-state index contributed by atoms with van der Waals surface area (Å²) in [4.78, 5) is 0. The Balaban J connectivity index is 0.000000176. The standard InChI is InChI=1S/C5H10O.C3H7N.C2H6/c1-2-5-3-6-4-5;1-2-4-3-1;1-2/h5H,2-4H2,1H3;4H,1-3H2;1-2H3. The third-order valence-corrected chi connectivity index (χ3v) is 1.99. The zero-order valence-corrected chi connectivity index (χ0v) is 8.73. The van der Waals surface area contributed by atoms with Crippen LogP contribution in [0.25, 0.3) is 0 Å². The highest BCUT2D eigenvalue weighted by atomic mass is 16.5. The monoisotopic (exact) mass is 173 g/mol. The molecule has 2 saturated heterocycles. The molecule has 2 heteroatoms. The number of rotatable bonds is 1. The van der Waals surface area contributed by atoms with E-state index >= 15 is 0 Å². The van der Waals surface area contributed by atoms with E-state index in [-0.39, 0.29) is 0 Å². The molecule has 2 fully saturated rings. The van der Waals surface area contributed by atoms with E-state index in [2.05, 4.69) is 12.2 Å². The van der Waals surface area contributed by atoms with Gasteiger partial charge in [0.2, 0.25) is 0 Å². The maximum Gasteiger partial charge on any atom is 0.0516 e. The van der Waals surface area contributed by atoms with Crippen molar-refractivity contribution in [1.29, 1.82) is 0 Å². The van der Waals surface area contributed by atoms with Crippen molar-refractivity contribution in [3.63, 3.8) is 0 Å². The molecule has 12 heavy (non-hydrogen) atoms. The van der Waals surface area contributed by atoms with Gasteiger partial charge < -0.3 is 10.1 Å². The molecule has 2 aliphatic rings. The zero-order valence-electron chi connectivity index (χ0n) is 8.73. The van der Waals surface area contributed by atoms with Crippen LogP contribution in [0.15, 0.2) is 0 Å². The predicted octanol–water partition coefficient (Wildman–Crippen LogP) is 2.05. The fourth-order valence-corrected chi connectivity index (χ4v) is 0.697. The minimum atomic E-state index is 0.894. The van der Waals surface area contributed by atoms with Crippen LogP contribution in [-0.2, 0) is 4.74 Å². The molecule has 0 saturated carbocycles. The van der Waals surface area contributed by atoms with E-state index in [0.29, 0.717) is 0 Å². The van der Waals surface area contributed by atoms with E-state index in [4.69, 9.17) is 4.74 Å². The Morgan fingerprint density at radius 1 is 1.25 bits per heavy atom. The van der Waals surface area contributed by atoms with Gasteiger partial charge in [-0.25, -0.2) is 0 Å². The minimum Gasteiger partial charge on any atom is -0.381 e. The molecule has 2 aliphatic heterocycles. The molecule has 2 rings (SSSR count). The number of ether oxygens (including phenoxy) is 1. The van der Waals surface area contributed by atoms with Crippen LogP contribution < -0.4 is 5.32 Å². The van der Waals surface area contributed by atoms with E-state index < -0.39 is 0 Å². The second kappa shape index (κ2) is 9.01. The molecular formula is C10H23NO. The molecule has 0 spiro atoms. The summed E-state index contributed by atoms with van der Waals surface area (Å²) in [6, 6.07) is 0. The first-order valence-corrected chi connectivity index (χ1v) is 5.22. The van der Waals surface area contributed by atoms with Gasteiger partial charge in [0.15, 0.2) is 0 Å². The van der Waals surface area contributed by atoms with Crippen LogP contribution in [0.5, 0.6) is 0 Å². The lowest BCUT2D eigenvalue weighted by Crippen LogP contribution is -2.29. The van der Waals surface area contributed by atoms with Gasteiger partial charge in [-0.05, 0) is 25.9 Å². The van der Waals surface area contributed by atoms with Crippen LogP contribution in [0.4, 0.5) is 0 Å². The summed E-state index contributed by atoms with van der Waals surface area (Å²) in [7, 11) is 0. The lowest BCUT2D eigenvalue weighted by molar-refractivity contribution is -0.0331. The smallest absolute Gasteiger partial charge is 0.0516 e. The molecule has 0 amide bonds. The van der Waals surface area contributed by atoms with Crippen molar-refractivity contribution in [2.24, 2.45) is 5.92 Å². The SMILES string of the molecule is C1CNC1.CC.CCC1COC1. The van der Waals surface area contributed by atoms with E-state index in [0.717, 1.165) is 19.1 Å². The second-order valence-corrected chi connectivity index (χ2v) is 2.92. The number of hydrogen-bond donors (Lipinski definition) is 1. The lowest BCUT2D eigenvalue weighted by Gasteiger charge is -2.23. The van der Waals surface area contributed by atoms with Crippen LogP contribution in [-0.4, -0.2) is 26.3 Å². The van der Waals surface area contributed by atoms with Gasteiger partial charge in [0.05, 0.1) is 13.2 Å². The first-order valence-electron chi connectivity index (χ1n) is 5.22. The zero-order chi connectivity index (χ0) is 9.23. The summed E-state index contributed by atoms with van der Waals surface area (Å²) < 4.78 is 4.93. The average Bonchev–Trinajstić information content (AvgIpc) is 1.86. The molecule has 2 heterocycles.